The van der Waals surface area contributed by atoms with E-state index >= 15 is 0 Å². The summed E-state index contributed by atoms with van der Waals surface area (Å²) in [6, 6.07) is 22.2. The molecule has 0 aromatic heterocycles. The maximum absolute atomic E-state index is 13.9. The summed E-state index contributed by atoms with van der Waals surface area (Å²) in [5.74, 6) is 3.10. The van der Waals surface area contributed by atoms with Crippen LogP contribution in [0, 0.1) is 0 Å². The molecule has 0 fully saturated rings. The molecule has 0 bridgehead atoms. The van der Waals surface area contributed by atoms with E-state index in [2.05, 4.69) is 5.32 Å². The molecule has 4 aromatic rings. The molecule has 0 radical (unpaired) electrons. The molecule has 1 unspecified atom stereocenters. The molecule has 59 heavy (non-hydrogen) atoms. The Labute approximate surface area is 343 Å². The van der Waals surface area contributed by atoms with Crippen LogP contribution in [0.3, 0.4) is 0 Å². The highest BCUT2D eigenvalue weighted by Gasteiger charge is 2.35. The van der Waals surface area contributed by atoms with Crippen LogP contribution in [0.25, 0.3) is 11.1 Å². The van der Waals surface area contributed by atoms with Gasteiger partial charge in [-0.3, -0.25) is 19.6 Å². The third-order valence-corrected chi connectivity index (χ3v) is 10.8. The van der Waals surface area contributed by atoms with Crippen molar-refractivity contribution in [3.05, 3.63) is 107 Å². The highest BCUT2D eigenvalue weighted by atomic mass is 16.5. The molecule has 13 nitrogen and oxygen atoms in total. The Kier molecular flexibility index (Phi) is 11.6. The van der Waals surface area contributed by atoms with Crippen molar-refractivity contribution >= 4 is 46.8 Å². The van der Waals surface area contributed by atoms with Gasteiger partial charge in [-0.05, 0) is 78.7 Å². The zero-order valence-electron chi connectivity index (χ0n) is 33.6. The van der Waals surface area contributed by atoms with Crippen LogP contribution < -0.4 is 33.7 Å². The summed E-state index contributed by atoms with van der Waals surface area (Å²) < 4.78 is 34.7. The van der Waals surface area contributed by atoms with Crippen LogP contribution in [0.4, 0.5) is 11.4 Å². The first-order valence-corrected chi connectivity index (χ1v) is 19.7. The number of ether oxygens (including phenoxy) is 6. The van der Waals surface area contributed by atoms with Gasteiger partial charge in [0.15, 0.2) is 23.0 Å². The Hall–Kier alpha value is -6.60. The minimum atomic E-state index is -0.212. The summed E-state index contributed by atoms with van der Waals surface area (Å²) in [6.07, 6.45) is 10.2. The standard InChI is InChI=1S/C46H47N5O8/c1-47-15-5-16-57-36-13-9-30(10-14-36)32-20-34-26-49-40-24-44(42(56-4)22-38(40)46(53)51(34)28-32)59-18-6-17-58-43-23-39-37(21-41(43)55-3)45(52)50-27-31(19-33(50)25-48-39)29-7-11-35(54-2)12-8-29/h7-14,21-28,33-34,47H,5-6,15-20H2,1-4H3/t33-,34?/m0/s1. The van der Waals surface area contributed by atoms with Gasteiger partial charge in [-0.1, -0.05) is 24.3 Å². The van der Waals surface area contributed by atoms with Gasteiger partial charge in [-0.15, -0.1) is 0 Å². The molecule has 4 aliphatic rings. The Balaban J connectivity index is 0.881. The predicted octanol–water partition coefficient (Wildman–Crippen LogP) is 7.49. The molecular weight excluding hydrogens is 751 g/mol. The van der Waals surface area contributed by atoms with Crippen molar-refractivity contribution in [1.82, 2.24) is 15.1 Å². The van der Waals surface area contributed by atoms with Crippen LogP contribution >= 0.6 is 0 Å². The van der Waals surface area contributed by atoms with E-state index in [-0.39, 0.29) is 23.9 Å². The number of nitrogens with zero attached hydrogens (tertiary/aromatic N) is 4. The molecule has 2 amide bonds. The normalized spacial score (nSPS) is 17.6. The average Bonchev–Trinajstić information content (AvgIpc) is 3.85. The molecule has 4 heterocycles. The summed E-state index contributed by atoms with van der Waals surface area (Å²) in [7, 11) is 6.65. The molecule has 13 heteroatoms. The smallest absolute Gasteiger partial charge is 0.260 e. The van der Waals surface area contributed by atoms with Crippen molar-refractivity contribution in [3.63, 3.8) is 0 Å². The van der Waals surface area contributed by atoms with Crippen molar-refractivity contribution in [1.29, 1.82) is 0 Å². The van der Waals surface area contributed by atoms with Gasteiger partial charge < -0.3 is 43.5 Å². The lowest BCUT2D eigenvalue weighted by Gasteiger charge is -2.19. The van der Waals surface area contributed by atoms with E-state index < -0.39 is 0 Å². The van der Waals surface area contributed by atoms with E-state index in [1.165, 1.54) is 0 Å². The van der Waals surface area contributed by atoms with Crippen molar-refractivity contribution in [3.8, 4) is 34.5 Å². The number of hydrogen-bond acceptors (Lipinski definition) is 11. The maximum Gasteiger partial charge on any atom is 0.260 e. The zero-order valence-corrected chi connectivity index (χ0v) is 33.6. The maximum atomic E-state index is 13.9. The molecule has 4 aromatic carbocycles. The molecule has 1 N–H and O–H groups in total. The second-order valence-corrected chi connectivity index (χ2v) is 14.5. The van der Waals surface area contributed by atoms with E-state index in [0.29, 0.717) is 84.6 Å². The predicted molar refractivity (Wildman–Crippen MR) is 226 cm³/mol. The molecule has 0 saturated heterocycles. The van der Waals surface area contributed by atoms with E-state index in [0.717, 1.165) is 46.7 Å². The second kappa shape index (κ2) is 17.5. The minimum Gasteiger partial charge on any atom is -0.497 e. The van der Waals surface area contributed by atoms with Crippen LogP contribution in [0.1, 0.15) is 57.5 Å². The molecule has 304 valence electrons. The SMILES string of the molecule is CNCCCOc1ccc(C2=CN3C(=O)c4cc(OC)c(OCCCOc5cc6c(cc5OC)C(=O)N5C=C(c7ccc(OC)cc7)C[C@H]5C=N6)cc4N=CC3C2)cc1. The summed E-state index contributed by atoms with van der Waals surface area (Å²) in [5, 5.41) is 3.12. The third kappa shape index (κ3) is 8.24. The highest BCUT2D eigenvalue weighted by molar-refractivity contribution is 6.06. The van der Waals surface area contributed by atoms with Gasteiger partial charge in [0.05, 0.1) is 75.7 Å². The van der Waals surface area contributed by atoms with Crippen molar-refractivity contribution in [2.75, 3.05) is 54.7 Å². The van der Waals surface area contributed by atoms with Crippen LogP contribution in [0.2, 0.25) is 0 Å². The zero-order chi connectivity index (χ0) is 40.9. The summed E-state index contributed by atoms with van der Waals surface area (Å²) >= 11 is 0. The topological polar surface area (TPSA) is 133 Å². The fourth-order valence-corrected chi connectivity index (χ4v) is 7.57. The van der Waals surface area contributed by atoms with E-state index in [4.69, 9.17) is 38.4 Å². The molecule has 8 rings (SSSR count). The number of hydrogen-bond donors (Lipinski definition) is 1. The minimum absolute atomic E-state index is 0.156. The number of rotatable bonds is 16. The van der Waals surface area contributed by atoms with Gasteiger partial charge in [0.1, 0.15) is 11.5 Å². The Morgan fingerprint density at radius 2 is 1.07 bits per heavy atom. The molecule has 2 atom stereocenters. The summed E-state index contributed by atoms with van der Waals surface area (Å²) in [4.78, 5) is 40.6. The third-order valence-electron chi connectivity index (χ3n) is 10.8. The van der Waals surface area contributed by atoms with E-state index in [9.17, 15) is 9.59 Å². The molecule has 0 aliphatic carbocycles. The fraction of sp³-hybridized carbons (Fsp3) is 0.304. The van der Waals surface area contributed by atoms with Crippen molar-refractivity contribution < 1.29 is 38.0 Å². The molecular formula is C46H47N5O8. The fourth-order valence-electron chi connectivity index (χ4n) is 7.57. The number of aliphatic imine (C=N–C) groups is 2. The quantitative estimate of drug-likeness (QED) is 0.115. The van der Waals surface area contributed by atoms with Gasteiger partial charge >= 0.3 is 0 Å². The van der Waals surface area contributed by atoms with Crippen LogP contribution in [-0.2, 0) is 0 Å². The van der Waals surface area contributed by atoms with E-state index in [1.807, 2.05) is 80.4 Å². The van der Waals surface area contributed by atoms with Gasteiger partial charge in [0, 0.05) is 56.2 Å². The number of methoxy groups -OCH3 is 3. The Morgan fingerprint density at radius 3 is 1.53 bits per heavy atom. The first-order chi connectivity index (χ1) is 28.9. The first kappa shape index (κ1) is 39.2. The molecule has 0 spiro atoms. The van der Waals surface area contributed by atoms with E-state index in [1.54, 1.807) is 55.4 Å². The lowest BCUT2D eigenvalue weighted by Crippen LogP contribution is -2.32. The van der Waals surface area contributed by atoms with Gasteiger partial charge in [0.25, 0.3) is 11.8 Å². The summed E-state index contributed by atoms with van der Waals surface area (Å²) in [6.45, 7) is 2.15. The van der Waals surface area contributed by atoms with Crippen LogP contribution in [0.5, 0.6) is 34.5 Å². The lowest BCUT2D eigenvalue weighted by molar-refractivity contribution is 0.0809. The highest BCUT2D eigenvalue weighted by Crippen LogP contribution is 2.42. The lowest BCUT2D eigenvalue weighted by atomic mass is 10.0. The number of amides is 2. The number of nitrogens with one attached hydrogen (secondary N) is 1. The van der Waals surface area contributed by atoms with Gasteiger partial charge in [0.2, 0.25) is 0 Å². The molecule has 0 saturated carbocycles. The van der Waals surface area contributed by atoms with Crippen molar-refractivity contribution in [2.45, 2.75) is 37.8 Å². The van der Waals surface area contributed by atoms with Crippen LogP contribution in [0.15, 0.2) is 95.2 Å². The monoisotopic (exact) mass is 797 g/mol. The number of fused-ring (bicyclic) bond motifs is 4. The second-order valence-electron chi connectivity index (χ2n) is 14.5. The summed E-state index contributed by atoms with van der Waals surface area (Å²) in [5.41, 5.74) is 6.07. The first-order valence-electron chi connectivity index (χ1n) is 19.7. The van der Waals surface area contributed by atoms with Gasteiger partial charge in [-0.2, -0.15) is 0 Å². The number of benzene rings is 4. The Morgan fingerprint density at radius 1 is 0.593 bits per heavy atom. The Bertz CT molecular complexity index is 2340. The number of carbonyl (C=O) groups is 2. The van der Waals surface area contributed by atoms with Crippen LogP contribution in [-0.4, -0.2) is 101 Å². The largest absolute Gasteiger partial charge is 0.497 e. The molecule has 4 aliphatic heterocycles. The van der Waals surface area contributed by atoms with Crippen molar-refractivity contribution in [2.24, 2.45) is 9.98 Å². The van der Waals surface area contributed by atoms with Gasteiger partial charge in [-0.25, -0.2) is 0 Å². The average molecular weight is 798 g/mol. The number of carbonyl (C=O) groups excluding carboxylic acids is 2.